The summed E-state index contributed by atoms with van der Waals surface area (Å²) in [6, 6.07) is 10.6. The van der Waals surface area contributed by atoms with Crippen molar-refractivity contribution < 1.29 is 28.5 Å². The van der Waals surface area contributed by atoms with Crippen LogP contribution in [0.3, 0.4) is 0 Å². The Hall–Kier alpha value is -3.42. The third kappa shape index (κ3) is 8.56. The summed E-state index contributed by atoms with van der Waals surface area (Å²) in [5.41, 5.74) is 1.20. The van der Waals surface area contributed by atoms with Gasteiger partial charge in [0, 0.05) is 25.0 Å². The minimum Gasteiger partial charge on any atom is -0.497 e. The van der Waals surface area contributed by atoms with Gasteiger partial charge in [-0.25, -0.2) is 0 Å². The molecule has 0 spiro atoms. The Kier molecular flexibility index (Phi) is 10.9. The first kappa shape index (κ1) is 25.8. The van der Waals surface area contributed by atoms with Crippen molar-refractivity contribution in [1.82, 2.24) is 0 Å². The number of benzene rings is 2. The fraction of sp³-hybridized carbons (Fsp3) is 0.440. The molecule has 0 aromatic heterocycles. The molecule has 0 unspecified atom stereocenters. The summed E-state index contributed by atoms with van der Waals surface area (Å²) in [4.78, 5) is 24.5. The maximum atomic E-state index is 12.3. The number of methoxy groups -OCH3 is 4. The molecule has 180 valence electrons. The summed E-state index contributed by atoms with van der Waals surface area (Å²) >= 11 is 0. The Morgan fingerprint density at radius 3 is 1.36 bits per heavy atom. The van der Waals surface area contributed by atoms with Crippen LogP contribution >= 0.6 is 0 Å². The number of ether oxygens (including phenoxy) is 4. The maximum absolute atomic E-state index is 12.3. The van der Waals surface area contributed by atoms with Gasteiger partial charge in [-0.1, -0.05) is 19.3 Å². The van der Waals surface area contributed by atoms with Crippen molar-refractivity contribution >= 4 is 23.2 Å². The highest BCUT2D eigenvalue weighted by atomic mass is 16.5. The molecule has 0 fully saturated rings. The lowest BCUT2D eigenvalue weighted by Crippen LogP contribution is -2.12. The summed E-state index contributed by atoms with van der Waals surface area (Å²) in [6.07, 6.45) is 5.23. The molecular weight excluding hydrogens is 424 g/mol. The summed E-state index contributed by atoms with van der Waals surface area (Å²) < 4.78 is 21.0. The molecule has 0 aliphatic carbocycles. The molecule has 8 heteroatoms. The van der Waals surface area contributed by atoms with Crippen LogP contribution in [0.25, 0.3) is 0 Å². The first-order chi connectivity index (χ1) is 16.0. The first-order valence-electron chi connectivity index (χ1n) is 11.0. The molecule has 0 aliphatic rings. The van der Waals surface area contributed by atoms with E-state index in [-0.39, 0.29) is 11.8 Å². The van der Waals surface area contributed by atoms with Gasteiger partial charge in [-0.05, 0) is 37.1 Å². The van der Waals surface area contributed by atoms with Crippen molar-refractivity contribution in [3.8, 4) is 23.0 Å². The van der Waals surface area contributed by atoms with Gasteiger partial charge in [0.05, 0.1) is 39.8 Å². The van der Waals surface area contributed by atoms with Crippen LogP contribution in [0.5, 0.6) is 23.0 Å². The van der Waals surface area contributed by atoms with Crippen LogP contribution in [0.1, 0.15) is 44.9 Å². The quantitative estimate of drug-likeness (QED) is 0.386. The lowest BCUT2D eigenvalue weighted by atomic mass is 10.1. The predicted molar refractivity (Wildman–Crippen MR) is 129 cm³/mol. The molecule has 2 aromatic carbocycles. The van der Waals surface area contributed by atoms with Crippen molar-refractivity contribution in [2.24, 2.45) is 0 Å². The third-order valence-electron chi connectivity index (χ3n) is 5.17. The van der Waals surface area contributed by atoms with Gasteiger partial charge in [-0.2, -0.15) is 0 Å². The number of hydrogen-bond acceptors (Lipinski definition) is 6. The van der Waals surface area contributed by atoms with E-state index in [9.17, 15) is 9.59 Å². The topological polar surface area (TPSA) is 95.1 Å². The summed E-state index contributed by atoms with van der Waals surface area (Å²) in [7, 11) is 6.27. The lowest BCUT2D eigenvalue weighted by molar-refractivity contribution is -0.117. The summed E-state index contributed by atoms with van der Waals surface area (Å²) in [5.74, 6) is 2.37. The molecule has 2 amide bonds. The summed E-state index contributed by atoms with van der Waals surface area (Å²) in [6.45, 7) is 0. The van der Waals surface area contributed by atoms with Crippen molar-refractivity contribution in [3.63, 3.8) is 0 Å². The number of anilines is 2. The van der Waals surface area contributed by atoms with Crippen molar-refractivity contribution in [3.05, 3.63) is 36.4 Å². The maximum Gasteiger partial charge on any atom is 0.224 e. The van der Waals surface area contributed by atoms with E-state index < -0.39 is 0 Å². The zero-order chi connectivity index (χ0) is 24.1. The van der Waals surface area contributed by atoms with Crippen LogP contribution < -0.4 is 29.6 Å². The van der Waals surface area contributed by atoms with Gasteiger partial charge in [-0.3, -0.25) is 9.59 Å². The Bertz CT molecular complexity index is 842. The third-order valence-corrected chi connectivity index (χ3v) is 5.17. The van der Waals surface area contributed by atoms with Crippen LogP contribution in [0.15, 0.2) is 36.4 Å². The predicted octanol–water partition coefficient (Wildman–Crippen LogP) is 5.03. The molecule has 0 aliphatic heterocycles. The van der Waals surface area contributed by atoms with Crippen molar-refractivity contribution in [1.29, 1.82) is 0 Å². The van der Waals surface area contributed by atoms with Crippen molar-refractivity contribution in [2.75, 3.05) is 39.1 Å². The molecule has 2 rings (SSSR count). The van der Waals surface area contributed by atoms with Gasteiger partial charge < -0.3 is 29.6 Å². The van der Waals surface area contributed by atoms with E-state index in [0.29, 0.717) is 47.2 Å². The second-order valence-electron chi connectivity index (χ2n) is 7.50. The zero-order valence-electron chi connectivity index (χ0n) is 19.9. The van der Waals surface area contributed by atoms with E-state index in [4.69, 9.17) is 18.9 Å². The molecule has 8 nitrogen and oxygen atoms in total. The molecular formula is C25H34N2O6. The number of carbonyl (C=O) groups is 2. The van der Waals surface area contributed by atoms with Gasteiger partial charge in [0.15, 0.2) is 0 Å². The number of unbranched alkanes of at least 4 members (excludes halogenated alkanes) is 4. The fourth-order valence-corrected chi connectivity index (χ4v) is 3.35. The monoisotopic (exact) mass is 458 g/mol. The fourth-order valence-electron chi connectivity index (χ4n) is 3.35. The molecule has 0 bridgehead atoms. The molecule has 0 saturated carbocycles. The Morgan fingerprint density at radius 1 is 0.606 bits per heavy atom. The molecule has 0 radical (unpaired) electrons. The van der Waals surface area contributed by atoms with Crippen LogP contribution in [0.2, 0.25) is 0 Å². The minimum absolute atomic E-state index is 0.0619. The lowest BCUT2D eigenvalue weighted by Gasteiger charge is -2.12. The highest BCUT2D eigenvalue weighted by Gasteiger charge is 2.10. The number of rotatable bonds is 14. The number of carbonyl (C=O) groups excluding carboxylic acids is 2. The van der Waals surface area contributed by atoms with E-state index in [0.717, 1.165) is 32.1 Å². The molecule has 2 aromatic rings. The SMILES string of the molecule is COc1ccc(OC)c(NC(=O)CCCCCCCC(=O)Nc2cc(OC)ccc2OC)c1. The summed E-state index contributed by atoms with van der Waals surface area (Å²) in [5, 5.41) is 5.76. The normalized spacial score (nSPS) is 10.3. The van der Waals surface area contributed by atoms with Gasteiger partial charge in [0.25, 0.3) is 0 Å². The molecule has 33 heavy (non-hydrogen) atoms. The van der Waals surface area contributed by atoms with Crippen LogP contribution in [0, 0.1) is 0 Å². The minimum atomic E-state index is -0.0619. The number of amides is 2. The Labute approximate surface area is 195 Å². The van der Waals surface area contributed by atoms with Gasteiger partial charge >= 0.3 is 0 Å². The standard InChI is InChI=1S/C25H34N2O6/c1-30-18-12-14-22(32-3)20(16-18)26-24(28)10-8-6-5-7-9-11-25(29)27-21-17-19(31-2)13-15-23(21)33-4/h12-17H,5-11H2,1-4H3,(H,26,28)(H,27,29). The number of nitrogens with one attached hydrogen (secondary N) is 2. The largest absolute Gasteiger partial charge is 0.497 e. The highest BCUT2D eigenvalue weighted by molar-refractivity contribution is 5.93. The molecule has 0 atom stereocenters. The van der Waals surface area contributed by atoms with E-state index in [1.165, 1.54) is 0 Å². The van der Waals surface area contributed by atoms with E-state index >= 15 is 0 Å². The first-order valence-corrected chi connectivity index (χ1v) is 11.0. The van der Waals surface area contributed by atoms with E-state index in [2.05, 4.69) is 10.6 Å². The van der Waals surface area contributed by atoms with Crippen LogP contribution in [-0.4, -0.2) is 40.3 Å². The van der Waals surface area contributed by atoms with E-state index in [1.54, 1.807) is 64.8 Å². The highest BCUT2D eigenvalue weighted by Crippen LogP contribution is 2.30. The van der Waals surface area contributed by atoms with Gasteiger partial charge in [0.1, 0.15) is 23.0 Å². The van der Waals surface area contributed by atoms with Crippen LogP contribution in [0.4, 0.5) is 11.4 Å². The van der Waals surface area contributed by atoms with Crippen molar-refractivity contribution in [2.45, 2.75) is 44.9 Å². The Balaban J connectivity index is 1.63. The second kappa shape index (κ2) is 13.9. The van der Waals surface area contributed by atoms with Crippen LogP contribution in [-0.2, 0) is 9.59 Å². The zero-order valence-corrected chi connectivity index (χ0v) is 19.9. The molecule has 0 saturated heterocycles. The van der Waals surface area contributed by atoms with E-state index in [1.807, 2.05) is 0 Å². The van der Waals surface area contributed by atoms with Gasteiger partial charge in [-0.15, -0.1) is 0 Å². The molecule has 2 N–H and O–H groups in total. The van der Waals surface area contributed by atoms with Gasteiger partial charge in [0.2, 0.25) is 11.8 Å². The number of hydrogen-bond donors (Lipinski definition) is 2. The smallest absolute Gasteiger partial charge is 0.224 e. The molecule has 0 heterocycles. The average molecular weight is 459 g/mol. The Morgan fingerprint density at radius 2 is 1.00 bits per heavy atom. The average Bonchev–Trinajstić information content (AvgIpc) is 2.83. The second-order valence-corrected chi connectivity index (χ2v) is 7.50.